The molecule has 0 bridgehead atoms. The number of sulfonamides is 1. The molecule has 0 atom stereocenters. The predicted octanol–water partition coefficient (Wildman–Crippen LogP) is 1.50. The Morgan fingerprint density at radius 1 is 1.32 bits per heavy atom. The molecule has 0 amide bonds. The lowest BCUT2D eigenvalue weighted by molar-refractivity contribution is 0.233. The van der Waals surface area contributed by atoms with Gasteiger partial charge in [-0.2, -0.15) is 0 Å². The Bertz CT molecular complexity index is 515. The zero-order valence-corrected chi connectivity index (χ0v) is 12.3. The van der Waals surface area contributed by atoms with Crippen LogP contribution < -0.4 is 4.72 Å². The first-order valence-corrected chi connectivity index (χ1v) is 8.27. The van der Waals surface area contributed by atoms with Crippen molar-refractivity contribution in [2.45, 2.75) is 24.2 Å². The highest BCUT2D eigenvalue weighted by Crippen LogP contribution is 2.18. The molecule has 2 heterocycles. The second kappa shape index (κ2) is 6.65. The smallest absolute Gasteiger partial charge is 0.243 e. The van der Waals surface area contributed by atoms with Gasteiger partial charge >= 0.3 is 0 Å². The lowest BCUT2D eigenvalue weighted by Crippen LogP contribution is -2.37. The van der Waals surface area contributed by atoms with Gasteiger partial charge in [-0.05, 0) is 32.0 Å². The summed E-state index contributed by atoms with van der Waals surface area (Å²) >= 11 is 5.87. The molecule has 0 aliphatic carbocycles. The molecular weight excluding hydrogens is 286 g/mol. The highest BCUT2D eigenvalue weighted by atomic mass is 35.5. The molecule has 1 fully saturated rings. The van der Waals surface area contributed by atoms with E-state index in [4.69, 9.17) is 11.6 Å². The van der Waals surface area contributed by atoms with Crippen LogP contribution in [0.5, 0.6) is 0 Å². The van der Waals surface area contributed by atoms with Crippen LogP contribution in [-0.2, 0) is 10.0 Å². The van der Waals surface area contributed by atoms with Gasteiger partial charge in [0.05, 0.1) is 5.02 Å². The summed E-state index contributed by atoms with van der Waals surface area (Å²) in [5.41, 5.74) is 0. The molecule has 2 rings (SSSR count). The van der Waals surface area contributed by atoms with Gasteiger partial charge in [-0.3, -0.25) is 4.98 Å². The molecule has 7 heteroatoms. The van der Waals surface area contributed by atoms with Gasteiger partial charge in [0.2, 0.25) is 10.0 Å². The molecule has 19 heavy (non-hydrogen) atoms. The van der Waals surface area contributed by atoms with E-state index >= 15 is 0 Å². The molecule has 1 aromatic rings. The van der Waals surface area contributed by atoms with Crippen molar-refractivity contribution < 1.29 is 8.42 Å². The summed E-state index contributed by atoms with van der Waals surface area (Å²) in [7, 11) is -3.56. The van der Waals surface area contributed by atoms with Crippen LogP contribution in [0.15, 0.2) is 23.4 Å². The van der Waals surface area contributed by atoms with E-state index in [2.05, 4.69) is 14.6 Å². The largest absolute Gasteiger partial charge is 0.302 e. The lowest BCUT2D eigenvalue weighted by Gasteiger charge is -2.26. The summed E-state index contributed by atoms with van der Waals surface area (Å²) in [6.45, 7) is 3.23. The number of aromatic nitrogens is 1. The van der Waals surface area contributed by atoms with E-state index in [0.717, 1.165) is 19.6 Å². The highest BCUT2D eigenvalue weighted by Gasteiger charge is 2.18. The van der Waals surface area contributed by atoms with Crippen molar-refractivity contribution >= 4 is 21.6 Å². The Balaban J connectivity index is 1.89. The maximum atomic E-state index is 12.0. The summed E-state index contributed by atoms with van der Waals surface area (Å²) in [4.78, 5) is 6.11. The molecule has 1 aliphatic rings. The van der Waals surface area contributed by atoms with E-state index in [9.17, 15) is 8.42 Å². The van der Waals surface area contributed by atoms with E-state index in [0.29, 0.717) is 6.54 Å². The van der Waals surface area contributed by atoms with E-state index in [1.54, 1.807) is 0 Å². The zero-order valence-electron chi connectivity index (χ0n) is 10.7. The van der Waals surface area contributed by atoms with Gasteiger partial charge in [0.25, 0.3) is 0 Å². The number of nitrogens with zero attached hydrogens (tertiary/aromatic N) is 2. The van der Waals surface area contributed by atoms with Gasteiger partial charge in [0, 0.05) is 25.5 Å². The first-order chi connectivity index (χ1) is 9.09. The topological polar surface area (TPSA) is 62.3 Å². The average molecular weight is 304 g/mol. The Labute approximate surface area is 119 Å². The summed E-state index contributed by atoms with van der Waals surface area (Å²) < 4.78 is 26.7. The predicted molar refractivity (Wildman–Crippen MR) is 74.7 cm³/mol. The first kappa shape index (κ1) is 14.7. The van der Waals surface area contributed by atoms with Crippen LogP contribution in [0.25, 0.3) is 0 Å². The first-order valence-electron chi connectivity index (χ1n) is 6.41. The second-order valence-electron chi connectivity index (χ2n) is 4.61. The number of piperidine rings is 1. The van der Waals surface area contributed by atoms with Crippen molar-refractivity contribution in [2.24, 2.45) is 0 Å². The molecular formula is C12H18ClN3O2S. The van der Waals surface area contributed by atoms with Crippen molar-refractivity contribution in [3.8, 4) is 0 Å². The maximum Gasteiger partial charge on any atom is 0.243 e. The van der Waals surface area contributed by atoms with Crippen molar-refractivity contribution in [3.63, 3.8) is 0 Å². The molecule has 0 spiro atoms. The van der Waals surface area contributed by atoms with Crippen molar-refractivity contribution in [1.29, 1.82) is 0 Å². The number of nitrogens with one attached hydrogen (secondary N) is 1. The number of likely N-dealkylation sites (tertiary alicyclic amines) is 1. The standard InChI is InChI=1S/C12H18ClN3O2S/c13-11-4-5-14-10-12(11)19(17,18)15-6-9-16-7-2-1-3-8-16/h4-5,10,15H,1-3,6-9H2. The number of pyridine rings is 1. The summed E-state index contributed by atoms with van der Waals surface area (Å²) in [5.74, 6) is 0. The number of rotatable bonds is 5. The van der Waals surface area contributed by atoms with Gasteiger partial charge in [0.15, 0.2) is 0 Å². The Morgan fingerprint density at radius 2 is 2.05 bits per heavy atom. The van der Waals surface area contributed by atoms with Crippen LogP contribution in [0, 0.1) is 0 Å². The third-order valence-electron chi connectivity index (χ3n) is 3.19. The maximum absolute atomic E-state index is 12.0. The molecule has 0 saturated carbocycles. The van der Waals surface area contributed by atoms with E-state index < -0.39 is 10.0 Å². The molecule has 1 aliphatic heterocycles. The molecule has 0 aromatic carbocycles. The molecule has 1 aromatic heterocycles. The van der Waals surface area contributed by atoms with Crippen LogP contribution >= 0.6 is 11.6 Å². The lowest BCUT2D eigenvalue weighted by atomic mass is 10.1. The summed E-state index contributed by atoms with van der Waals surface area (Å²) in [5, 5.41) is 0.195. The fourth-order valence-electron chi connectivity index (χ4n) is 2.16. The van der Waals surface area contributed by atoms with Gasteiger partial charge in [0.1, 0.15) is 4.90 Å². The van der Waals surface area contributed by atoms with Crippen molar-refractivity contribution in [1.82, 2.24) is 14.6 Å². The van der Waals surface area contributed by atoms with Gasteiger partial charge in [-0.15, -0.1) is 0 Å². The third kappa shape index (κ3) is 4.14. The van der Waals surface area contributed by atoms with Crippen LogP contribution in [-0.4, -0.2) is 44.5 Å². The van der Waals surface area contributed by atoms with Gasteiger partial charge in [-0.1, -0.05) is 18.0 Å². The molecule has 106 valence electrons. The number of hydrogen-bond donors (Lipinski definition) is 1. The van der Waals surface area contributed by atoms with Crippen LogP contribution in [0.1, 0.15) is 19.3 Å². The molecule has 0 unspecified atom stereocenters. The normalized spacial score (nSPS) is 17.5. The minimum Gasteiger partial charge on any atom is -0.302 e. The zero-order chi connectivity index (χ0) is 13.7. The summed E-state index contributed by atoms with van der Waals surface area (Å²) in [6, 6.07) is 1.47. The van der Waals surface area contributed by atoms with Crippen LogP contribution in [0.3, 0.4) is 0 Å². The molecule has 1 saturated heterocycles. The summed E-state index contributed by atoms with van der Waals surface area (Å²) in [6.07, 6.45) is 6.40. The minimum atomic E-state index is -3.56. The van der Waals surface area contributed by atoms with Crippen LogP contribution in [0.4, 0.5) is 0 Å². The monoisotopic (exact) mass is 303 g/mol. The van der Waals surface area contributed by atoms with Gasteiger partial charge < -0.3 is 4.90 Å². The Kier molecular flexibility index (Phi) is 5.15. The van der Waals surface area contributed by atoms with Crippen LogP contribution in [0.2, 0.25) is 5.02 Å². The van der Waals surface area contributed by atoms with Crippen molar-refractivity contribution in [3.05, 3.63) is 23.5 Å². The third-order valence-corrected chi connectivity index (χ3v) is 5.12. The van der Waals surface area contributed by atoms with E-state index in [1.807, 2.05) is 0 Å². The quantitative estimate of drug-likeness (QED) is 0.895. The van der Waals surface area contributed by atoms with E-state index in [-0.39, 0.29) is 9.92 Å². The minimum absolute atomic E-state index is 0.0373. The molecule has 1 N–H and O–H groups in total. The second-order valence-corrected chi connectivity index (χ2v) is 6.75. The van der Waals surface area contributed by atoms with Gasteiger partial charge in [-0.25, -0.2) is 13.1 Å². The fourth-order valence-corrected chi connectivity index (χ4v) is 3.61. The molecule has 5 nitrogen and oxygen atoms in total. The fraction of sp³-hybridized carbons (Fsp3) is 0.583. The Morgan fingerprint density at radius 3 is 2.74 bits per heavy atom. The highest BCUT2D eigenvalue weighted by molar-refractivity contribution is 7.89. The van der Waals surface area contributed by atoms with Crippen molar-refractivity contribution in [2.75, 3.05) is 26.2 Å². The average Bonchev–Trinajstić information content (AvgIpc) is 2.40. The van der Waals surface area contributed by atoms with E-state index in [1.165, 1.54) is 37.7 Å². The number of halogens is 1. The number of hydrogen-bond acceptors (Lipinski definition) is 4. The SMILES string of the molecule is O=S(=O)(NCCN1CCCCC1)c1cnccc1Cl. The molecule has 0 radical (unpaired) electrons. The Hall–Kier alpha value is -0.690.